The molecule has 0 aliphatic heterocycles. The van der Waals surface area contributed by atoms with E-state index in [1.54, 1.807) is 36.5 Å². The van der Waals surface area contributed by atoms with Crippen molar-refractivity contribution in [3.05, 3.63) is 70.0 Å². The van der Waals surface area contributed by atoms with Crippen LogP contribution in [0, 0.1) is 21.4 Å². The van der Waals surface area contributed by atoms with E-state index in [1.807, 2.05) is 0 Å². The first-order chi connectivity index (χ1) is 8.72. The first-order valence-corrected chi connectivity index (χ1v) is 5.27. The molecule has 2 rings (SSSR count). The fourth-order valence-corrected chi connectivity index (χ4v) is 1.65. The van der Waals surface area contributed by atoms with E-state index in [-0.39, 0.29) is 5.69 Å². The summed E-state index contributed by atoms with van der Waals surface area (Å²) < 4.78 is 0. The number of hydrogen-bond acceptors (Lipinski definition) is 4. The number of nitro benzene ring substituents is 1. The van der Waals surface area contributed by atoms with Gasteiger partial charge in [-0.3, -0.25) is 15.1 Å². The maximum absolute atomic E-state index is 10.5. The van der Waals surface area contributed by atoms with Crippen LogP contribution in [0.5, 0.6) is 0 Å². The number of nitriles is 1. The third kappa shape index (κ3) is 2.33. The second-order valence-electron chi connectivity index (χ2n) is 3.67. The molecular formula is C13H9N3O2. The molecule has 2 aromatic rings. The minimum absolute atomic E-state index is 0.0106. The number of rotatable bonds is 3. The molecular weight excluding hydrogens is 230 g/mol. The summed E-state index contributed by atoms with van der Waals surface area (Å²) in [5.74, 6) is -0.507. The first-order valence-electron chi connectivity index (χ1n) is 5.27. The van der Waals surface area contributed by atoms with E-state index in [9.17, 15) is 15.4 Å². The normalized spacial score (nSPS) is 11.5. The Bertz CT molecular complexity index is 588. The molecule has 0 amide bonds. The van der Waals surface area contributed by atoms with Crippen LogP contribution < -0.4 is 0 Å². The maximum atomic E-state index is 10.5. The topological polar surface area (TPSA) is 79.8 Å². The van der Waals surface area contributed by atoms with E-state index in [0.717, 1.165) is 0 Å². The Morgan fingerprint density at radius 2 is 1.94 bits per heavy atom. The van der Waals surface area contributed by atoms with Crippen molar-refractivity contribution in [1.29, 1.82) is 5.26 Å². The van der Waals surface area contributed by atoms with Crippen LogP contribution in [0.2, 0.25) is 0 Å². The summed E-state index contributed by atoms with van der Waals surface area (Å²) in [5.41, 5.74) is 1.34. The Balaban J connectivity index is 2.35. The Morgan fingerprint density at radius 1 is 1.22 bits per heavy atom. The number of non-ortho nitro benzene ring substituents is 1. The lowest BCUT2D eigenvalue weighted by atomic mass is 9.96. The largest absolute Gasteiger partial charge is 0.269 e. The van der Waals surface area contributed by atoms with Gasteiger partial charge < -0.3 is 0 Å². The van der Waals surface area contributed by atoms with Crippen LogP contribution in [0.1, 0.15) is 17.2 Å². The van der Waals surface area contributed by atoms with Crippen molar-refractivity contribution in [1.82, 2.24) is 4.98 Å². The zero-order valence-electron chi connectivity index (χ0n) is 9.35. The summed E-state index contributed by atoms with van der Waals surface area (Å²) in [7, 11) is 0. The summed E-state index contributed by atoms with van der Waals surface area (Å²) in [4.78, 5) is 14.2. The van der Waals surface area contributed by atoms with Gasteiger partial charge in [0.05, 0.1) is 16.7 Å². The molecule has 1 atom stereocenters. The van der Waals surface area contributed by atoms with Gasteiger partial charge in [0.15, 0.2) is 0 Å². The van der Waals surface area contributed by atoms with Crippen LogP contribution in [-0.2, 0) is 0 Å². The van der Waals surface area contributed by atoms with E-state index in [0.29, 0.717) is 11.3 Å². The van der Waals surface area contributed by atoms with Crippen molar-refractivity contribution < 1.29 is 4.92 Å². The number of aromatic nitrogens is 1. The van der Waals surface area contributed by atoms with Crippen molar-refractivity contribution in [2.45, 2.75) is 5.92 Å². The van der Waals surface area contributed by atoms with Gasteiger partial charge in [0.2, 0.25) is 0 Å². The molecule has 1 unspecified atom stereocenters. The molecule has 0 bridgehead atoms. The predicted molar refractivity (Wildman–Crippen MR) is 64.8 cm³/mol. The lowest BCUT2D eigenvalue weighted by Gasteiger charge is -2.08. The summed E-state index contributed by atoms with van der Waals surface area (Å²) in [5, 5.41) is 19.7. The highest BCUT2D eigenvalue weighted by molar-refractivity contribution is 5.40. The van der Waals surface area contributed by atoms with Gasteiger partial charge in [0.25, 0.3) is 5.69 Å². The molecule has 5 heteroatoms. The Morgan fingerprint density at radius 3 is 2.44 bits per heavy atom. The second kappa shape index (κ2) is 5.06. The van der Waals surface area contributed by atoms with Gasteiger partial charge in [-0.1, -0.05) is 18.2 Å². The van der Waals surface area contributed by atoms with Gasteiger partial charge in [-0.25, -0.2) is 0 Å². The predicted octanol–water partition coefficient (Wildman–Crippen LogP) is 2.65. The van der Waals surface area contributed by atoms with Crippen molar-refractivity contribution in [2.24, 2.45) is 0 Å². The fraction of sp³-hybridized carbons (Fsp3) is 0.0769. The first kappa shape index (κ1) is 11.7. The lowest BCUT2D eigenvalue weighted by Crippen LogP contribution is -2.00. The SMILES string of the molecule is N#CC(c1ccc([N+](=O)[O-])cc1)c1ccccn1. The minimum atomic E-state index is -0.507. The molecule has 0 aliphatic rings. The van der Waals surface area contributed by atoms with E-state index < -0.39 is 10.8 Å². The summed E-state index contributed by atoms with van der Waals surface area (Å²) in [6.07, 6.45) is 1.62. The smallest absolute Gasteiger partial charge is 0.260 e. The van der Waals surface area contributed by atoms with Gasteiger partial charge in [-0.15, -0.1) is 0 Å². The van der Waals surface area contributed by atoms with Crippen LogP contribution in [0.4, 0.5) is 5.69 Å². The van der Waals surface area contributed by atoms with E-state index in [4.69, 9.17) is 0 Å². The molecule has 5 nitrogen and oxygen atoms in total. The average Bonchev–Trinajstić information content (AvgIpc) is 2.41. The average molecular weight is 239 g/mol. The summed E-state index contributed by atoms with van der Waals surface area (Å²) >= 11 is 0. The molecule has 0 radical (unpaired) electrons. The zero-order chi connectivity index (χ0) is 13.0. The van der Waals surface area contributed by atoms with Crippen molar-refractivity contribution in [3.8, 4) is 6.07 Å². The van der Waals surface area contributed by atoms with Crippen LogP contribution in [0.15, 0.2) is 48.7 Å². The van der Waals surface area contributed by atoms with E-state index >= 15 is 0 Å². The molecule has 88 valence electrons. The highest BCUT2D eigenvalue weighted by Crippen LogP contribution is 2.24. The molecule has 18 heavy (non-hydrogen) atoms. The molecule has 0 saturated carbocycles. The Kier molecular flexibility index (Phi) is 3.30. The Hall–Kier alpha value is -2.74. The van der Waals surface area contributed by atoms with E-state index in [2.05, 4.69) is 11.1 Å². The molecule has 0 spiro atoms. The molecule has 1 heterocycles. The molecule has 0 N–H and O–H groups in total. The van der Waals surface area contributed by atoms with Crippen LogP contribution >= 0.6 is 0 Å². The van der Waals surface area contributed by atoms with Crippen LogP contribution in [0.3, 0.4) is 0 Å². The van der Waals surface area contributed by atoms with Crippen LogP contribution in [0.25, 0.3) is 0 Å². The quantitative estimate of drug-likeness (QED) is 0.609. The van der Waals surface area contributed by atoms with Gasteiger partial charge in [0.1, 0.15) is 5.92 Å². The van der Waals surface area contributed by atoms with Gasteiger partial charge in [-0.2, -0.15) is 5.26 Å². The van der Waals surface area contributed by atoms with Crippen molar-refractivity contribution in [3.63, 3.8) is 0 Å². The molecule has 0 saturated heterocycles. The van der Waals surface area contributed by atoms with Crippen molar-refractivity contribution in [2.75, 3.05) is 0 Å². The third-order valence-corrected chi connectivity index (χ3v) is 2.55. The van der Waals surface area contributed by atoms with Crippen LogP contribution in [-0.4, -0.2) is 9.91 Å². The lowest BCUT2D eigenvalue weighted by molar-refractivity contribution is -0.384. The van der Waals surface area contributed by atoms with Gasteiger partial charge >= 0.3 is 0 Å². The van der Waals surface area contributed by atoms with Gasteiger partial charge in [-0.05, 0) is 17.7 Å². The summed E-state index contributed by atoms with van der Waals surface area (Å²) in [6.45, 7) is 0. The second-order valence-corrected chi connectivity index (χ2v) is 3.67. The third-order valence-electron chi connectivity index (χ3n) is 2.55. The molecule has 0 aliphatic carbocycles. The summed E-state index contributed by atoms with van der Waals surface area (Å²) in [6, 6.07) is 13.4. The molecule has 1 aromatic heterocycles. The minimum Gasteiger partial charge on any atom is -0.260 e. The number of pyridine rings is 1. The van der Waals surface area contributed by atoms with E-state index in [1.165, 1.54) is 12.1 Å². The van der Waals surface area contributed by atoms with Gasteiger partial charge in [0, 0.05) is 18.3 Å². The monoisotopic (exact) mass is 239 g/mol. The molecule has 1 aromatic carbocycles. The number of nitrogens with zero attached hydrogens (tertiary/aromatic N) is 3. The zero-order valence-corrected chi connectivity index (χ0v) is 9.35. The number of benzene rings is 1. The number of nitro groups is 1. The maximum Gasteiger partial charge on any atom is 0.269 e. The standard InChI is InChI=1S/C13H9N3O2/c14-9-12(13-3-1-2-8-15-13)10-4-6-11(7-5-10)16(17)18/h1-8,12H. The highest BCUT2D eigenvalue weighted by atomic mass is 16.6. The Labute approximate surface area is 103 Å². The molecule has 0 fully saturated rings. The number of hydrogen-bond donors (Lipinski definition) is 0. The fourth-order valence-electron chi connectivity index (χ4n) is 1.65. The van der Waals surface area contributed by atoms with Crippen molar-refractivity contribution >= 4 is 5.69 Å². The highest BCUT2D eigenvalue weighted by Gasteiger charge is 2.15.